The molecule has 0 spiro atoms. The molecule has 1 aliphatic rings. The highest BCUT2D eigenvalue weighted by molar-refractivity contribution is 5.27. The Bertz CT molecular complexity index is 357. The summed E-state index contributed by atoms with van der Waals surface area (Å²) in [6, 6.07) is 0. The minimum Gasteiger partial charge on any atom is -0.303 e. The summed E-state index contributed by atoms with van der Waals surface area (Å²) in [4.78, 5) is 0. The topological polar surface area (TPSA) is 40.7 Å². The van der Waals surface area contributed by atoms with Crippen molar-refractivity contribution in [3.8, 4) is 0 Å². The van der Waals surface area contributed by atoms with Gasteiger partial charge in [-0.2, -0.15) is 18.3 Å². The molecule has 1 heterocycles. The van der Waals surface area contributed by atoms with Crippen molar-refractivity contribution >= 4 is 0 Å². The fourth-order valence-electron chi connectivity index (χ4n) is 2.02. The summed E-state index contributed by atoms with van der Waals surface area (Å²) < 4.78 is 35.8. The standard InChI is InChI=1S/C10H14F3N3/c11-10(12,13)6-14-5-9-7-3-1-2-4-8(7)15-16-9/h14H,1-6H2,(H,15,16). The molecule has 6 heteroatoms. The van der Waals surface area contributed by atoms with Crippen LogP contribution in [-0.2, 0) is 19.4 Å². The van der Waals surface area contributed by atoms with Gasteiger partial charge >= 0.3 is 6.18 Å². The molecule has 0 amide bonds. The van der Waals surface area contributed by atoms with E-state index in [0.717, 1.165) is 42.6 Å². The van der Waals surface area contributed by atoms with E-state index in [1.54, 1.807) is 0 Å². The number of hydrogen-bond donors (Lipinski definition) is 2. The molecule has 0 bridgehead atoms. The zero-order valence-corrected chi connectivity index (χ0v) is 8.82. The molecule has 0 atom stereocenters. The molecule has 1 aromatic rings. The van der Waals surface area contributed by atoms with Crippen LogP contribution in [0.2, 0.25) is 0 Å². The summed E-state index contributed by atoms with van der Waals surface area (Å²) >= 11 is 0. The molecular weight excluding hydrogens is 219 g/mol. The molecule has 0 unspecified atom stereocenters. The van der Waals surface area contributed by atoms with E-state index < -0.39 is 12.7 Å². The van der Waals surface area contributed by atoms with Gasteiger partial charge in [0.05, 0.1) is 12.2 Å². The van der Waals surface area contributed by atoms with Crippen molar-refractivity contribution < 1.29 is 13.2 Å². The largest absolute Gasteiger partial charge is 0.401 e. The van der Waals surface area contributed by atoms with Crippen LogP contribution in [0.3, 0.4) is 0 Å². The van der Waals surface area contributed by atoms with Crippen LogP contribution in [0.5, 0.6) is 0 Å². The molecule has 0 saturated carbocycles. The Morgan fingerprint density at radius 3 is 2.75 bits per heavy atom. The van der Waals surface area contributed by atoms with Crippen LogP contribution in [0.15, 0.2) is 0 Å². The van der Waals surface area contributed by atoms with Gasteiger partial charge in [0.2, 0.25) is 0 Å². The van der Waals surface area contributed by atoms with Gasteiger partial charge in [-0.15, -0.1) is 0 Å². The van der Waals surface area contributed by atoms with Gasteiger partial charge in [0.25, 0.3) is 0 Å². The molecule has 1 aliphatic carbocycles. The predicted octanol–water partition coefficient (Wildman–Crippen LogP) is 1.94. The Balaban J connectivity index is 1.92. The summed E-state index contributed by atoms with van der Waals surface area (Å²) in [6.07, 6.45) is -0.0454. The summed E-state index contributed by atoms with van der Waals surface area (Å²) in [7, 11) is 0. The molecule has 1 aromatic heterocycles. The van der Waals surface area contributed by atoms with Gasteiger partial charge in [-0.1, -0.05) is 0 Å². The van der Waals surface area contributed by atoms with E-state index in [1.165, 1.54) is 0 Å². The SMILES string of the molecule is FC(F)(F)CNCc1n[nH]c2c1CCCC2. The quantitative estimate of drug-likeness (QED) is 0.837. The molecule has 16 heavy (non-hydrogen) atoms. The van der Waals surface area contributed by atoms with E-state index in [4.69, 9.17) is 0 Å². The third-order valence-corrected chi connectivity index (χ3v) is 2.76. The molecule has 2 N–H and O–H groups in total. The number of aromatic amines is 1. The number of aryl methyl sites for hydroxylation is 1. The summed E-state index contributed by atoms with van der Waals surface area (Å²) in [5.74, 6) is 0. The average molecular weight is 233 g/mol. The molecule has 0 fully saturated rings. The van der Waals surface area contributed by atoms with Crippen molar-refractivity contribution in [2.75, 3.05) is 6.54 Å². The first-order chi connectivity index (χ1) is 7.56. The van der Waals surface area contributed by atoms with Crippen LogP contribution in [0.4, 0.5) is 13.2 Å². The lowest BCUT2D eigenvalue weighted by molar-refractivity contribution is -0.125. The van der Waals surface area contributed by atoms with Gasteiger partial charge in [0.15, 0.2) is 0 Å². The van der Waals surface area contributed by atoms with Crippen LogP contribution in [-0.4, -0.2) is 22.9 Å². The maximum Gasteiger partial charge on any atom is 0.401 e. The van der Waals surface area contributed by atoms with Gasteiger partial charge in [-0.3, -0.25) is 5.10 Å². The fourth-order valence-corrected chi connectivity index (χ4v) is 2.02. The fraction of sp³-hybridized carbons (Fsp3) is 0.700. The zero-order chi connectivity index (χ0) is 11.6. The van der Waals surface area contributed by atoms with E-state index in [9.17, 15) is 13.2 Å². The number of aromatic nitrogens is 2. The normalized spacial score (nSPS) is 16.2. The van der Waals surface area contributed by atoms with Crippen molar-refractivity contribution in [1.82, 2.24) is 15.5 Å². The monoisotopic (exact) mass is 233 g/mol. The average Bonchev–Trinajstić information content (AvgIpc) is 2.60. The van der Waals surface area contributed by atoms with Gasteiger partial charge < -0.3 is 5.32 Å². The molecule has 3 nitrogen and oxygen atoms in total. The number of fused-ring (bicyclic) bond motifs is 1. The first-order valence-electron chi connectivity index (χ1n) is 5.39. The van der Waals surface area contributed by atoms with Gasteiger partial charge in [0, 0.05) is 12.2 Å². The van der Waals surface area contributed by atoms with Crippen LogP contribution in [0, 0.1) is 0 Å². The maximum atomic E-state index is 11.9. The van der Waals surface area contributed by atoms with Crippen LogP contribution >= 0.6 is 0 Å². The van der Waals surface area contributed by atoms with Crippen molar-refractivity contribution in [2.24, 2.45) is 0 Å². The number of halogens is 3. The molecular formula is C10H14F3N3. The highest BCUT2D eigenvalue weighted by atomic mass is 19.4. The lowest BCUT2D eigenvalue weighted by Crippen LogP contribution is -2.28. The molecule has 2 rings (SSSR count). The lowest BCUT2D eigenvalue weighted by atomic mass is 9.96. The van der Waals surface area contributed by atoms with E-state index in [1.807, 2.05) is 0 Å². The highest BCUT2D eigenvalue weighted by Gasteiger charge is 2.26. The zero-order valence-electron chi connectivity index (χ0n) is 8.82. The van der Waals surface area contributed by atoms with Crippen molar-refractivity contribution in [3.63, 3.8) is 0 Å². The minimum absolute atomic E-state index is 0.186. The van der Waals surface area contributed by atoms with Gasteiger partial charge in [0.1, 0.15) is 0 Å². The van der Waals surface area contributed by atoms with E-state index in [2.05, 4.69) is 15.5 Å². The maximum absolute atomic E-state index is 11.9. The van der Waals surface area contributed by atoms with Crippen LogP contribution in [0.25, 0.3) is 0 Å². The van der Waals surface area contributed by atoms with E-state index in [-0.39, 0.29) is 6.54 Å². The second kappa shape index (κ2) is 4.45. The molecule has 0 saturated heterocycles. The Morgan fingerprint density at radius 2 is 2.00 bits per heavy atom. The predicted molar refractivity (Wildman–Crippen MR) is 53.0 cm³/mol. The molecule has 0 aromatic carbocycles. The molecule has 90 valence electrons. The Labute approximate surface area is 91.4 Å². The Morgan fingerprint density at radius 1 is 1.25 bits per heavy atom. The lowest BCUT2D eigenvalue weighted by Gasteiger charge is -2.12. The Kier molecular flexibility index (Phi) is 3.18. The number of nitrogens with one attached hydrogen (secondary N) is 2. The van der Waals surface area contributed by atoms with Crippen LogP contribution < -0.4 is 5.32 Å². The highest BCUT2D eigenvalue weighted by Crippen LogP contribution is 2.22. The number of H-pyrrole nitrogens is 1. The first-order valence-corrected chi connectivity index (χ1v) is 5.39. The molecule has 0 aliphatic heterocycles. The van der Waals surface area contributed by atoms with Crippen molar-refractivity contribution in [3.05, 3.63) is 17.0 Å². The summed E-state index contributed by atoms with van der Waals surface area (Å²) in [6.45, 7) is -0.778. The Hall–Kier alpha value is -1.04. The number of alkyl halides is 3. The van der Waals surface area contributed by atoms with Gasteiger partial charge in [-0.25, -0.2) is 0 Å². The minimum atomic E-state index is -4.16. The third kappa shape index (κ3) is 2.75. The summed E-state index contributed by atoms with van der Waals surface area (Å²) in [5.41, 5.74) is 2.94. The van der Waals surface area contributed by atoms with E-state index in [0.29, 0.717) is 0 Å². The number of hydrogen-bond acceptors (Lipinski definition) is 2. The van der Waals surface area contributed by atoms with E-state index >= 15 is 0 Å². The van der Waals surface area contributed by atoms with Gasteiger partial charge in [-0.05, 0) is 31.2 Å². The first kappa shape index (κ1) is 11.4. The second-order valence-corrected chi connectivity index (χ2v) is 4.05. The third-order valence-electron chi connectivity index (χ3n) is 2.76. The number of nitrogens with zero attached hydrogens (tertiary/aromatic N) is 1. The smallest absolute Gasteiger partial charge is 0.303 e. The van der Waals surface area contributed by atoms with Crippen LogP contribution in [0.1, 0.15) is 29.8 Å². The van der Waals surface area contributed by atoms with Crippen molar-refractivity contribution in [1.29, 1.82) is 0 Å². The number of rotatable bonds is 3. The van der Waals surface area contributed by atoms with Crippen molar-refractivity contribution in [2.45, 2.75) is 38.4 Å². The summed E-state index contributed by atoms with van der Waals surface area (Å²) in [5, 5.41) is 9.34. The molecule has 0 radical (unpaired) electrons. The second-order valence-electron chi connectivity index (χ2n) is 4.05.